The van der Waals surface area contributed by atoms with Gasteiger partial charge in [0.25, 0.3) is 0 Å². The number of hydrogen-bond acceptors (Lipinski definition) is 3. The Morgan fingerprint density at radius 2 is 2.33 bits per heavy atom. The maximum absolute atomic E-state index is 4.96. The first kappa shape index (κ1) is 7.54. The second-order valence-corrected chi connectivity index (χ2v) is 3.07. The summed E-state index contributed by atoms with van der Waals surface area (Å²) in [7, 11) is 1.58. The van der Waals surface area contributed by atoms with Crippen LogP contribution in [0.1, 0.15) is 0 Å². The van der Waals surface area contributed by atoms with E-state index < -0.39 is 0 Å². The summed E-state index contributed by atoms with van der Waals surface area (Å²) in [5.41, 5.74) is 0.794. The largest absolute Gasteiger partial charge is 0.480 e. The first-order valence-corrected chi connectivity index (χ1v) is 4.13. The maximum atomic E-state index is 4.96. The van der Waals surface area contributed by atoms with Gasteiger partial charge in [-0.1, -0.05) is 0 Å². The summed E-state index contributed by atoms with van der Waals surface area (Å²) in [5.74, 6) is 0.576. The molecule has 0 saturated carbocycles. The Labute approximate surface area is 77.3 Å². The first-order valence-electron chi connectivity index (χ1n) is 3.34. The van der Waals surface area contributed by atoms with Gasteiger partial charge in [-0.3, -0.25) is 4.40 Å². The van der Waals surface area contributed by atoms with Gasteiger partial charge in [-0.2, -0.15) is 0 Å². The first-order chi connectivity index (χ1) is 5.79. The fourth-order valence-electron chi connectivity index (χ4n) is 0.955. The molecule has 0 aromatic carbocycles. The average molecular weight is 228 g/mol. The van der Waals surface area contributed by atoms with Gasteiger partial charge in [-0.25, -0.2) is 9.97 Å². The Bertz CT molecular complexity index is 412. The van der Waals surface area contributed by atoms with E-state index in [0.717, 1.165) is 10.3 Å². The molecule has 12 heavy (non-hydrogen) atoms. The van der Waals surface area contributed by atoms with E-state index in [1.165, 1.54) is 0 Å². The van der Waals surface area contributed by atoms with Crippen LogP contribution in [-0.2, 0) is 0 Å². The zero-order valence-corrected chi connectivity index (χ0v) is 7.95. The number of imidazole rings is 1. The third kappa shape index (κ3) is 1.16. The molecule has 2 heterocycles. The zero-order valence-electron chi connectivity index (χ0n) is 6.36. The third-order valence-corrected chi connectivity index (χ3v) is 1.88. The molecule has 0 bridgehead atoms. The van der Waals surface area contributed by atoms with Crippen molar-refractivity contribution in [2.24, 2.45) is 0 Å². The standard InChI is InChI=1S/C7H6BrN3O/c1-12-7-4-11-3-5(8)10-6(11)2-9-7/h2-4H,1H3. The van der Waals surface area contributed by atoms with Gasteiger partial charge >= 0.3 is 0 Å². The molecule has 2 aromatic rings. The van der Waals surface area contributed by atoms with Crippen LogP contribution in [0.3, 0.4) is 0 Å². The van der Waals surface area contributed by atoms with E-state index in [9.17, 15) is 0 Å². The number of halogens is 1. The molecule has 0 aliphatic carbocycles. The normalized spacial score (nSPS) is 10.5. The van der Waals surface area contributed by atoms with Gasteiger partial charge in [0, 0.05) is 6.20 Å². The molecular weight excluding hydrogens is 222 g/mol. The molecule has 62 valence electrons. The summed E-state index contributed by atoms with van der Waals surface area (Å²) < 4.78 is 7.59. The van der Waals surface area contributed by atoms with Gasteiger partial charge in [-0.15, -0.1) is 0 Å². The van der Waals surface area contributed by atoms with Crippen molar-refractivity contribution in [3.05, 3.63) is 23.2 Å². The van der Waals surface area contributed by atoms with Crippen molar-refractivity contribution in [1.29, 1.82) is 0 Å². The molecule has 5 heteroatoms. The zero-order chi connectivity index (χ0) is 8.55. The Morgan fingerprint density at radius 1 is 1.50 bits per heavy atom. The van der Waals surface area contributed by atoms with Crippen LogP contribution in [-0.4, -0.2) is 21.5 Å². The van der Waals surface area contributed by atoms with E-state index in [-0.39, 0.29) is 0 Å². The SMILES string of the molecule is COc1cn2cc(Br)nc2cn1. The second-order valence-electron chi connectivity index (χ2n) is 2.26. The van der Waals surface area contributed by atoms with Crippen molar-refractivity contribution in [3.8, 4) is 5.88 Å². The number of methoxy groups -OCH3 is 1. The van der Waals surface area contributed by atoms with Crippen molar-refractivity contribution in [1.82, 2.24) is 14.4 Å². The highest BCUT2D eigenvalue weighted by Crippen LogP contribution is 2.12. The summed E-state index contributed by atoms with van der Waals surface area (Å²) in [5, 5.41) is 0. The van der Waals surface area contributed by atoms with Crippen LogP contribution < -0.4 is 4.74 Å². The summed E-state index contributed by atoms with van der Waals surface area (Å²) >= 11 is 3.27. The van der Waals surface area contributed by atoms with Crippen molar-refractivity contribution in [2.45, 2.75) is 0 Å². The molecule has 0 atom stereocenters. The van der Waals surface area contributed by atoms with E-state index >= 15 is 0 Å². The average Bonchev–Trinajstić information content (AvgIpc) is 2.43. The molecule has 4 nitrogen and oxygen atoms in total. The molecule has 0 unspecified atom stereocenters. The minimum atomic E-state index is 0.576. The monoisotopic (exact) mass is 227 g/mol. The van der Waals surface area contributed by atoms with E-state index in [1.54, 1.807) is 19.5 Å². The number of nitrogens with zero attached hydrogens (tertiary/aromatic N) is 3. The lowest BCUT2D eigenvalue weighted by molar-refractivity contribution is 0.395. The molecule has 0 N–H and O–H groups in total. The van der Waals surface area contributed by atoms with Gasteiger partial charge in [-0.05, 0) is 15.9 Å². The number of fused-ring (bicyclic) bond motifs is 1. The second kappa shape index (κ2) is 2.75. The van der Waals surface area contributed by atoms with Crippen LogP contribution in [0.15, 0.2) is 23.2 Å². The molecule has 2 aromatic heterocycles. The quantitative estimate of drug-likeness (QED) is 0.742. The fourth-order valence-corrected chi connectivity index (χ4v) is 1.36. The van der Waals surface area contributed by atoms with E-state index in [2.05, 4.69) is 25.9 Å². The van der Waals surface area contributed by atoms with Crippen LogP contribution in [0.4, 0.5) is 0 Å². The Kier molecular flexibility index (Phi) is 1.73. The predicted molar refractivity (Wildman–Crippen MR) is 47.2 cm³/mol. The molecule has 0 radical (unpaired) electrons. The summed E-state index contributed by atoms with van der Waals surface area (Å²) in [4.78, 5) is 8.16. The van der Waals surface area contributed by atoms with Gasteiger partial charge in [0.1, 0.15) is 4.60 Å². The molecule has 0 amide bonds. The van der Waals surface area contributed by atoms with E-state index in [4.69, 9.17) is 4.74 Å². The number of rotatable bonds is 1. The minimum absolute atomic E-state index is 0.576. The highest BCUT2D eigenvalue weighted by Gasteiger charge is 1.99. The summed E-state index contributed by atoms with van der Waals surface area (Å²) in [6, 6.07) is 0. The van der Waals surface area contributed by atoms with Crippen molar-refractivity contribution in [2.75, 3.05) is 7.11 Å². The van der Waals surface area contributed by atoms with Crippen LogP contribution >= 0.6 is 15.9 Å². The van der Waals surface area contributed by atoms with Gasteiger partial charge in [0.2, 0.25) is 5.88 Å². The number of ether oxygens (including phenoxy) is 1. The molecule has 0 saturated heterocycles. The molecule has 2 rings (SSSR count). The van der Waals surface area contributed by atoms with Gasteiger partial charge < -0.3 is 4.74 Å². The molecular formula is C7H6BrN3O. The lowest BCUT2D eigenvalue weighted by Crippen LogP contribution is -1.90. The van der Waals surface area contributed by atoms with Crippen molar-refractivity contribution < 1.29 is 4.74 Å². The topological polar surface area (TPSA) is 39.4 Å². The lowest BCUT2D eigenvalue weighted by Gasteiger charge is -1.97. The van der Waals surface area contributed by atoms with Crippen LogP contribution in [0.5, 0.6) is 5.88 Å². The smallest absolute Gasteiger partial charge is 0.230 e. The van der Waals surface area contributed by atoms with Gasteiger partial charge in [0.05, 0.1) is 19.5 Å². The third-order valence-electron chi connectivity index (χ3n) is 1.50. The molecule has 0 fully saturated rings. The van der Waals surface area contributed by atoms with E-state index in [0.29, 0.717) is 5.88 Å². The Balaban J connectivity index is 2.66. The van der Waals surface area contributed by atoms with Crippen LogP contribution in [0.25, 0.3) is 5.65 Å². The highest BCUT2D eigenvalue weighted by molar-refractivity contribution is 9.10. The molecule has 0 spiro atoms. The summed E-state index contributed by atoms with van der Waals surface area (Å²) in [6.45, 7) is 0. The maximum Gasteiger partial charge on any atom is 0.230 e. The Morgan fingerprint density at radius 3 is 3.08 bits per heavy atom. The lowest BCUT2D eigenvalue weighted by atomic mass is 10.7. The fraction of sp³-hybridized carbons (Fsp3) is 0.143. The summed E-state index contributed by atoms with van der Waals surface area (Å²) in [6.07, 6.45) is 5.27. The number of hydrogen-bond donors (Lipinski definition) is 0. The van der Waals surface area contributed by atoms with E-state index in [1.807, 2.05) is 10.6 Å². The number of aromatic nitrogens is 3. The Hall–Kier alpha value is -1.10. The van der Waals surface area contributed by atoms with Gasteiger partial charge in [0.15, 0.2) is 5.65 Å². The molecule has 0 aliphatic heterocycles. The predicted octanol–water partition coefficient (Wildman–Crippen LogP) is 1.50. The minimum Gasteiger partial charge on any atom is -0.480 e. The van der Waals surface area contributed by atoms with Crippen LogP contribution in [0.2, 0.25) is 0 Å². The van der Waals surface area contributed by atoms with Crippen molar-refractivity contribution >= 4 is 21.6 Å². The van der Waals surface area contributed by atoms with Crippen molar-refractivity contribution in [3.63, 3.8) is 0 Å². The highest BCUT2D eigenvalue weighted by atomic mass is 79.9. The van der Waals surface area contributed by atoms with Crippen LogP contribution in [0, 0.1) is 0 Å². The molecule has 0 aliphatic rings.